The van der Waals surface area contributed by atoms with E-state index in [9.17, 15) is 9.59 Å². The Bertz CT molecular complexity index is 788. The molecule has 1 amide bonds. The van der Waals surface area contributed by atoms with Gasteiger partial charge in [-0.2, -0.15) is 0 Å². The highest BCUT2D eigenvalue weighted by Gasteiger charge is 2.30. The van der Waals surface area contributed by atoms with E-state index >= 15 is 0 Å². The maximum Gasteiger partial charge on any atom is 0.334 e. The van der Waals surface area contributed by atoms with Gasteiger partial charge < -0.3 is 14.7 Å². The van der Waals surface area contributed by atoms with Crippen molar-refractivity contribution in [3.05, 3.63) is 41.6 Å². The highest BCUT2D eigenvalue weighted by molar-refractivity contribution is 6.06. The quantitative estimate of drug-likeness (QED) is 0.935. The second kappa shape index (κ2) is 6.57. The number of aliphatic carboxylic acids is 1. The van der Waals surface area contributed by atoms with Gasteiger partial charge in [-0.3, -0.25) is 9.78 Å². The van der Waals surface area contributed by atoms with Gasteiger partial charge in [0.25, 0.3) is 5.91 Å². The van der Waals surface area contributed by atoms with E-state index in [1.54, 1.807) is 4.90 Å². The number of carbonyl (C=O) groups is 2. The van der Waals surface area contributed by atoms with Crippen molar-refractivity contribution in [2.75, 3.05) is 19.7 Å². The van der Waals surface area contributed by atoms with Gasteiger partial charge in [-0.1, -0.05) is 32.0 Å². The van der Waals surface area contributed by atoms with Crippen LogP contribution in [0.25, 0.3) is 10.9 Å². The van der Waals surface area contributed by atoms with Crippen molar-refractivity contribution in [3.63, 3.8) is 0 Å². The van der Waals surface area contributed by atoms with Gasteiger partial charge >= 0.3 is 5.97 Å². The number of para-hydroxylation sites is 1. The van der Waals surface area contributed by atoms with E-state index in [1.807, 2.05) is 44.2 Å². The molecule has 0 aliphatic carbocycles. The van der Waals surface area contributed by atoms with E-state index in [-0.39, 0.29) is 25.0 Å². The first-order chi connectivity index (χ1) is 11.5. The van der Waals surface area contributed by atoms with Crippen LogP contribution in [0.4, 0.5) is 0 Å². The molecule has 1 atom stereocenters. The van der Waals surface area contributed by atoms with Crippen molar-refractivity contribution >= 4 is 22.8 Å². The lowest BCUT2D eigenvalue weighted by molar-refractivity contribution is -0.154. The van der Waals surface area contributed by atoms with Crippen LogP contribution in [0.2, 0.25) is 0 Å². The monoisotopic (exact) mass is 328 g/mol. The first-order valence-corrected chi connectivity index (χ1v) is 8.00. The fourth-order valence-corrected chi connectivity index (χ4v) is 2.82. The summed E-state index contributed by atoms with van der Waals surface area (Å²) in [5, 5.41) is 9.91. The molecule has 1 aliphatic heterocycles. The van der Waals surface area contributed by atoms with Crippen molar-refractivity contribution in [2.24, 2.45) is 0 Å². The van der Waals surface area contributed by atoms with Crippen molar-refractivity contribution in [2.45, 2.75) is 25.9 Å². The Labute approximate surface area is 140 Å². The first-order valence-electron chi connectivity index (χ1n) is 8.00. The van der Waals surface area contributed by atoms with E-state index in [2.05, 4.69) is 4.98 Å². The molecule has 0 spiro atoms. The number of carboxylic acids is 1. The number of benzene rings is 1. The van der Waals surface area contributed by atoms with Crippen LogP contribution in [0.1, 0.15) is 35.8 Å². The molecule has 1 aromatic heterocycles. The Hall–Kier alpha value is -2.47. The molecular formula is C18H20N2O4. The molecule has 1 saturated heterocycles. The van der Waals surface area contributed by atoms with Gasteiger partial charge in [0.1, 0.15) is 0 Å². The summed E-state index contributed by atoms with van der Waals surface area (Å²) in [5.74, 6) is -1.03. The fourth-order valence-electron chi connectivity index (χ4n) is 2.82. The zero-order valence-corrected chi connectivity index (χ0v) is 13.7. The predicted octanol–water partition coefficient (Wildman–Crippen LogP) is 2.28. The lowest BCUT2D eigenvalue weighted by Gasteiger charge is -2.31. The summed E-state index contributed by atoms with van der Waals surface area (Å²) in [6, 6.07) is 9.34. The molecule has 1 fully saturated rings. The fraction of sp³-hybridized carbons (Fsp3) is 0.389. The highest BCUT2D eigenvalue weighted by atomic mass is 16.5. The molecule has 0 radical (unpaired) electrons. The van der Waals surface area contributed by atoms with Gasteiger partial charge in [-0.25, -0.2) is 4.79 Å². The van der Waals surface area contributed by atoms with Gasteiger partial charge in [0.05, 0.1) is 24.2 Å². The molecule has 126 valence electrons. The highest BCUT2D eigenvalue weighted by Crippen LogP contribution is 2.24. The molecule has 2 heterocycles. The maximum atomic E-state index is 13.0. The molecule has 1 aliphatic rings. The standard InChI is InChI=1S/C18H20N2O4/c1-11(2)15-9-13(12-5-3-4-6-14(12)19-15)17(21)20-7-8-24-16(10-20)18(22)23/h3-6,9,11,16H,7-8,10H2,1-2H3,(H,22,23)/t16-/m1/s1. The predicted molar refractivity (Wildman–Crippen MR) is 89.1 cm³/mol. The summed E-state index contributed by atoms with van der Waals surface area (Å²) in [4.78, 5) is 30.3. The summed E-state index contributed by atoms with van der Waals surface area (Å²) < 4.78 is 5.20. The van der Waals surface area contributed by atoms with Gasteiger partial charge in [0.2, 0.25) is 0 Å². The van der Waals surface area contributed by atoms with E-state index < -0.39 is 12.1 Å². The third-order valence-electron chi connectivity index (χ3n) is 4.19. The van der Waals surface area contributed by atoms with Crippen molar-refractivity contribution in [3.8, 4) is 0 Å². The number of pyridine rings is 1. The Kier molecular flexibility index (Phi) is 4.49. The van der Waals surface area contributed by atoms with Crippen LogP contribution in [-0.2, 0) is 9.53 Å². The van der Waals surface area contributed by atoms with Crippen molar-refractivity contribution < 1.29 is 19.4 Å². The molecule has 6 nitrogen and oxygen atoms in total. The molecule has 0 unspecified atom stereocenters. The van der Waals surface area contributed by atoms with Gasteiger partial charge in [-0.15, -0.1) is 0 Å². The number of rotatable bonds is 3. The number of hydrogen-bond acceptors (Lipinski definition) is 4. The minimum absolute atomic E-state index is 0.0574. The zero-order valence-electron chi connectivity index (χ0n) is 13.7. The number of morpholine rings is 1. The van der Waals surface area contributed by atoms with Crippen LogP contribution in [0.3, 0.4) is 0 Å². The van der Waals surface area contributed by atoms with E-state index in [4.69, 9.17) is 9.84 Å². The van der Waals surface area contributed by atoms with Crippen LogP contribution >= 0.6 is 0 Å². The summed E-state index contributed by atoms with van der Waals surface area (Å²) >= 11 is 0. The molecule has 6 heteroatoms. The Balaban J connectivity index is 2.01. The molecule has 3 rings (SSSR count). The van der Waals surface area contributed by atoms with Crippen LogP contribution in [0.15, 0.2) is 30.3 Å². The molecule has 1 N–H and O–H groups in total. The van der Waals surface area contributed by atoms with Crippen LogP contribution in [0, 0.1) is 0 Å². The Morgan fingerprint density at radius 3 is 2.79 bits per heavy atom. The smallest absolute Gasteiger partial charge is 0.334 e. The average Bonchev–Trinajstić information content (AvgIpc) is 2.60. The SMILES string of the molecule is CC(C)c1cc(C(=O)N2CCO[C@@H](C(=O)O)C2)c2ccccc2n1. The maximum absolute atomic E-state index is 13.0. The second-order valence-corrected chi connectivity index (χ2v) is 6.22. The van der Waals surface area contributed by atoms with E-state index in [1.165, 1.54) is 0 Å². The lowest BCUT2D eigenvalue weighted by Crippen LogP contribution is -2.48. The number of carboxylic acid groups (broad SMARTS) is 1. The van der Waals surface area contributed by atoms with Gasteiger partial charge in [0, 0.05) is 17.6 Å². The summed E-state index contributed by atoms with van der Waals surface area (Å²) in [7, 11) is 0. The van der Waals surface area contributed by atoms with Crippen LogP contribution in [-0.4, -0.2) is 52.7 Å². The van der Waals surface area contributed by atoms with Crippen molar-refractivity contribution in [1.29, 1.82) is 0 Å². The second-order valence-electron chi connectivity index (χ2n) is 6.22. The molecule has 24 heavy (non-hydrogen) atoms. The lowest BCUT2D eigenvalue weighted by atomic mass is 10.0. The zero-order chi connectivity index (χ0) is 17.3. The first kappa shape index (κ1) is 16.4. The molecule has 2 aromatic rings. The third kappa shape index (κ3) is 3.10. The van der Waals surface area contributed by atoms with Gasteiger partial charge in [-0.05, 0) is 18.1 Å². The number of aromatic nitrogens is 1. The number of nitrogens with zero attached hydrogens (tertiary/aromatic N) is 2. The van der Waals surface area contributed by atoms with E-state index in [0.717, 1.165) is 16.6 Å². The van der Waals surface area contributed by atoms with Crippen LogP contribution < -0.4 is 0 Å². The van der Waals surface area contributed by atoms with Crippen molar-refractivity contribution in [1.82, 2.24) is 9.88 Å². The van der Waals surface area contributed by atoms with E-state index in [0.29, 0.717) is 12.1 Å². The largest absolute Gasteiger partial charge is 0.479 e. The van der Waals surface area contributed by atoms with Gasteiger partial charge in [0.15, 0.2) is 6.10 Å². The summed E-state index contributed by atoms with van der Waals surface area (Å²) in [6.45, 7) is 4.72. The molecule has 1 aromatic carbocycles. The number of ether oxygens (including phenoxy) is 1. The van der Waals surface area contributed by atoms with Crippen LogP contribution in [0.5, 0.6) is 0 Å². The Morgan fingerprint density at radius 1 is 1.33 bits per heavy atom. The number of amides is 1. The third-order valence-corrected chi connectivity index (χ3v) is 4.19. The molecule has 0 bridgehead atoms. The topological polar surface area (TPSA) is 79.7 Å². The number of carbonyl (C=O) groups excluding carboxylic acids is 1. The average molecular weight is 328 g/mol. The minimum atomic E-state index is -1.05. The minimum Gasteiger partial charge on any atom is -0.479 e. The normalized spacial score (nSPS) is 18.1. The Morgan fingerprint density at radius 2 is 2.08 bits per heavy atom. The summed E-state index contributed by atoms with van der Waals surface area (Å²) in [6.07, 6.45) is -0.972. The molecule has 0 saturated carbocycles. The number of fused-ring (bicyclic) bond motifs is 1. The summed E-state index contributed by atoms with van der Waals surface area (Å²) in [5.41, 5.74) is 2.19. The molecular weight excluding hydrogens is 308 g/mol. The number of hydrogen-bond donors (Lipinski definition) is 1.